The van der Waals surface area contributed by atoms with Crippen molar-refractivity contribution in [2.24, 2.45) is 0 Å². The largest absolute Gasteiger partial charge is 0.491 e. The van der Waals surface area contributed by atoms with Crippen LogP contribution in [0.25, 0.3) is 16.8 Å². The third-order valence-corrected chi connectivity index (χ3v) is 5.55. The van der Waals surface area contributed by atoms with E-state index in [0.29, 0.717) is 37.7 Å². The van der Waals surface area contributed by atoms with E-state index in [2.05, 4.69) is 53.0 Å². The van der Waals surface area contributed by atoms with E-state index in [9.17, 15) is 4.79 Å². The van der Waals surface area contributed by atoms with Crippen LogP contribution in [-0.2, 0) is 20.8 Å². The highest BCUT2D eigenvalue weighted by molar-refractivity contribution is 5.70. The van der Waals surface area contributed by atoms with Gasteiger partial charge in [-0.25, -0.2) is 0 Å². The van der Waals surface area contributed by atoms with Crippen molar-refractivity contribution in [1.82, 2.24) is 10.4 Å². The molecule has 1 aliphatic heterocycles. The number of carboxylic acid groups (broad SMARTS) is 1. The summed E-state index contributed by atoms with van der Waals surface area (Å²) in [6.07, 6.45) is 2.03. The van der Waals surface area contributed by atoms with Crippen molar-refractivity contribution >= 4 is 11.7 Å². The molecule has 0 bridgehead atoms. The second-order valence-corrected chi connectivity index (χ2v) is 8.15. The molecule has 0 unspecified atom stereocenters. The highest BCUT2D eigenvalue weighted by Crippen LogP contribution is 2.22. The van der Waals surface area contributed by atoms with E-state index in [1.165, 1.54) is 5.56 Å². The smallest absolute Gasteiger partial charge is 0.307 e. The molecular weight excluding hydrogens is 444 g/mol. The summed E-state index contributed by atoms with van der Waals surface area (Å²) < 4.78 is 11.2. The fourth-order valence-electron chi connectivity index (χ4n) is 3.77. The minimum Gasteiger partial charge on any atom is -0.491 e. The topological polar surface area (TPSA) is 80.3 Å². The van der Waals surface area contributed by atoms with Gasteiger partial charge < -0.3 is 19.5 Å². The summed E-state index contributed by atoms with van der Waals surface area (Å²) in [5, 5.41) is 8.96. The van der Waals surface area contributed by atoms with Crippen molar-refractivity contribution < 1.29 is 24.2 Å². The Balaban J connectivity index is 1.36. The van der Waals surface area contributed by atoms with Crippen molar-refractivity contribution in [2.75, 3.05) is 39.5 Å². The molecule has 35 heavy (non-hydrogen) atoms. The van der Waals surface area contributed by atoms with Crippen molar-refractivity contribution in [1.29, 1.82) is 0 Å². The number of rotatable bonds is 11. The second-order valence-electron chi connectivity index (χ2n) is 8.15. The van der Waals surface area contributed by atoms with E-state index in [-0.39, 0.29) is 6.42 Å². The number of aliphatic carboxylic acids is 1. The molecule has 4 rings (SSSR count). The minimum atomic E-state index is -0.869. The molecular formula is C28H30N2O5. The number of carboxylic acids is 1. The van der Waals surface area contributed by atoms with Gasteiger partial charge in [-0.3, -0.25) is 15.1 Å². The first-order valence-corrected chi connectivity index (χ1v) is 11.7. The monoisotopic (exact) mass is 474 g/mol. The van der Waals surface area contributed by atoms with Crippen LogP contribution >= 0.6 is 0 Å². The van der Waals surface area contributed by atoms with E-state index >= 15 is 0 Å². The molecule has 0 radical (unpaired) electrons. The molecule has 1 fully saturated rings. The first-order chi connectivity index (χ1) is 17.2. The molecule has 3 aromatic carbocycles. The van der Waals surface area contributed by atoms with Crippen LogP contribution in [-0.4, -0.2) is 55.5 Å². The molecule has 3 aromatic rings. The Labute approximate surface area is 205 Å². The van der Waals surface area contributed by atoms with Gasteiger partial charge in [-0.15, -0.1) is 0 Å². The number of benzene rings is 3. The zero-order valence-corrected chi connectivity index (χ0v) is 19.6. The fourth-order valence-corrected chi connectivity index (χ4v) is 3.77. The lowest BCUT2D eigenvalue weighted by Gasteiger charge is -2.26. The number of hydrogen-bond donors (Lipinski definition) is 2. The van der Waals surface area contributed by atoms with Crippen molar-refractivity contribution in [2.45, 2.75) is 6.42 Å². The van der Waals surface area contributed by atoms with E-state index in [1.54, 1.807) is 24.3 Å². The first kappa shape index (κ1) is 24.3. The summed E-state index contributed by atoms with van der Waals surface area (Å²) in [6.45, 7) is 3.68. The van der Waals surface area contributed by atoms with Gasteiger partial charge in [0.2, 0.25) is 0 Å². The second kappa shape index (κ2) is 12.6. The molecule has 0 aromatic heterocycles. The lowest BCUT2D eigenvalue weighted by molar-refractivity contribution is -0.136. The van der Waals surface area contributed by atoms with Gasteiger partial charge in [0.15, 0.2) is 0 Å². The highest BCUT2D eigenvalue weighted by Gasteiger charge is 2.10. The molecule has 7 nitrogen and oxygen atoms in total. The zero-order chi connectivity index (χ0) is 24.3. The lowest BCUT2D eigenvalue weighted by atomic mass is 10.0. The van der Waals surface area contributed by atoms with Crippen molar-refractivity contribution in [3.05, 3.63) is 96.2 Å². The Morgan fingerprint density at radius 2 is 1.69 bits per heavy atom. The maximum Gasteiger partial charge on any atom is 0.307 e. The molecule has 0 aliphatic carbocycles. The van der Waals surface area contributed by atoms with Gasteiger partial charge in [0.1, 0.15) is 19.0 Å². The molecule has 0 amide bonds. The Kier molecular flexibility index (Phi) is 8.75. The van der Waals surface area contributed by atoms with Crippen LogP contribution in [0.15, 0.2) is 85.1 Å². The molecule has 1 saturated heterocycles. The van der Waals surface area contributed by atoms with Gasteiger partial charge >= 0.3 is 5.97 Å². The summed E-state index contributed by atoms with van der Waals surface area (Å²) in [5.41, 5.74) is 7.98. The Morgan fingerprint density at radius 1 is 0.943 bits per heavy atom. The quantitative estimate of drug-likeness (QED) is 0.318. The van der Waals surface area contributed by atoms with E-state index in [1.807, 2.05) is 18.2 Å². The Hall–Kier alpha value is -3.81. The van der Waals surface area contributed by atoms with Gasteiger partial charge in [-0.05, 0) is 28.8 Å². The average molecular weight is 475 g/mol. The Morgan fingerprint density at radius 3 is 2.43 bits per heavy atom. The predicted molar refractivity (Wildman–Crippen MR) is 135 cm³/mol. The van der Waals surface area contributed by atoms with E-state index < -0.39 is 5.97 Å². The highest BCUT2D eigenvalue weighted by atomic mass is 16.7. The third-order valence-electron chi connectivity index (χ3n) is 5.55. The van der Waals surface area contributed by atoms with Crippen LogP contribution < -0.4 is 10.2 Å². The Bertz CT molecular complexity index is 1110. The van der Waals surface area contributed by atoms with Crippen molar-refractivity contribution in [3.8, 4) is 16.9 Å². The zero-order valence-electron chi connectivity index (χ0n) is 19.6. The number of carbonyl (C=O) groups is 1. The van der Waals surface area contributed by atoms with Gasteiger partial charge in [0.25, 0.3) is 0 Å². The number of hydrogen-bond acceptors (Lipinski definition) is 6. The summed E-state index contributed by atoms with van der Waals surface area (Å²) in [7, 11) is 0. The molecule has 1 aliphatic rings. The minimum absolute atomic E-state index is 0.0337. The third kappa shape index (κ3) is 7.60. The molecule has 0 spiro atoms. The van der Waals surface area contributed by atoms with Crippen LogP contribution in [0.2, 0.25) is 0 Å². The normalized spacial score (nSPS) is 13.9. The van der Waals surface area contributed by atoms with Crippen LogP contribution in [0, 0.1) is 0 Å². The first-order valence-electron chi connectivity index (χ1n) is 11.7. The predicted octanol–water partition coefficient (Wildman–Crippen LogP) is 4.21. The van der Waals surface area contributed by atoms with Crippen LogP contribution in [0.3, 0.4) is 0 Å². The molecule has 1 heterocycles. The molecule has 0 saturated carbocycles. The average Bonchev–Trinajstić information content (AvgIpc) is 2.89. The number of nitrogens with zero attached hydrogens (tertiary/aromatic N) is 1. The van der Waals surface area contributed by atoms with Gasteiger partial charge in [0, 0.05) is 24.9 Å². The standard InChI is InChI=1S/C28H30N2O5/c31-28(32)20-22-5-4-8-26(19-22)34-17-18-35-29-27(21-30-13-15-33-16-14-30)25-11-9-24(10-12-25)23-6-2-1-3-7-23/h1-12,19,21,29H,13-18,20H2,(H,31,32). The van der Waals surface area contributed by atoms with E-state index in [4.69, 9.17) is 19.4 Å². The number of ether oxygens (including phenoxy) is 2. The number of nitrogens with one attached hydrogen (secondary N) is 1. The lowest BCUT2D eigenvalue weighted by Crippen LogP contribution is -2.33. The maximum absolute atomic E-state index is 10.9. The van der Waals surface area contributed by atoms with Gasteiger partial charge in [0.05, 0.1) is 25.3 Å². The van der Waals surface area contributed by atoms with Gasteiger partial charge in [-0.2, -0.15) is 0 Å². The van der Waals surface area contributed by atoms with E-state index in [0.717, 1.165) is 29.9 Å². The summed E-state index contributed by atoms with van der Waals surface area (Å²) >= 11 is 0. The summed E-state index contributed by atoms with van der Waals surface area (Å²) in [4.78, 5) is 18.8. The molecule has 0 atom stereocenters. The van der Waals surface area contributed by atoms with Crippen molar-refractivity contribution in [3.63, 3.8) is 0 Å². The van der Waals surface area contributed by atoms with Gasteiger partial charge in [-0.1, -0.05) is 66.7 Å². The maximum atomic E-state index is 10.9. The molecule has 2 N–H and O–H groups in total. The SMILES string of the molecule is O=C(O)Cc1cccc(OCCONC(=CN2CCOCC2)c2ccc(-c3ccccc3)cc2)c1. The van der Waals surface area contributed by atoms with Crippen LogP contribution in [0.5, 0.6) is 5.75 Å². The summed E-state index contributed by atoms with van der Waals surface area (Å²) in [5.74, 6) is -0.251. The molecule has 7 heteroatoms. The fraction of sp³-hybridized carbons (Fsp3) is 0.250. The van der Waals surface area contributed by atoms with Crippen LogP contribution in [0.4, 0.5) is 0 Å². The summed E-state index contributed by atoms with van der Waals surface area (Å²) in [6, 6.07) is 25.7. The molecule has 182 valence electrons. The number of hydroxylamine groups is 1. The van der Waals surface area contributed by atoms with Crippen LogP contribution in [0.1, 0.15) is 11.1 Å². The number of morpholine rings is 1.